The van der Waals surface area contributed by atoms with Crippen LogP contribution in [0.4, 0.5) is 0 Å². The molecule has 0 bridgehead atoms. The van der Waals surface area contributed by atoms with Crippen LogP contribution in [0.15, 0.2) is 24.3 Å². The summed E-state index contributed by atoms with van der Waals surface area (Å²) in [6.07, 6.45) is 0.992. The predicted octanol–water partition coefficient (Wildman–Crippen LogP) is 3.47. The standard InChI is InChI=1S/C16H22N2OS/c1-5-14-11(2)20-16(18-14)15(17-3)13-8-6-12(7-9-13)10-19-4/h6-9,15,17H,5,10H2,1-4H3. The van der Waals surface area contributed by atoms with Crippen molar-refractivity contribution in [3.63, 3.8) is 0 Å². The Morgan fingerprint density at radius 3 is 2.50 bits per heavy atom. The van der Waals surface area contributed by atoms with Gasteiger partial charge in [0, 0.05) is 12.0 Å². The Balaban J connectivity index is 2.26. The Bertz CT molecular complexity index is 548. The van der Waals surface area contributed by atoms with E-state index in [2.05, 4.69) is 43.4 Å². The monoisotopic (exact) mass is 290 g/mol. The van der Waals surface area contributed by atoms with Gasteiger partial charge in [-0.25, -0.2) is 4.98 Å². The quantitative estimate of drug-likeness (QED) is 0.884. The number of nitrogens with zero attached hydrogens (tertiary/aromatic N) is 1. The number of aromatic nitrogens is 1. The zero-order valence-corrected chi connectivity index (χ0v) is 13.4. The van der Waals surface area contributed by atoms with Crippen molar-refractivity contribution in [2.45, 2.75) is 32.9 Å². The molecule has 0 spiro atoms. The lowest BCUT2D eigenvalue weighted by Crippen LogP contribution is -2.17. The van der Waals surface area contributed by atoms with Gasteiger partial charge in [0.1, 0.15) is 5.01 Å². The van der Waals surface area contributed by atoms with E-state index < -0.39 is 0 Å². The van der Waals surface area contributed by atoms with E-state index in [0.29, 0.717) is 6.61 Å². The van der Waals surface area contributed by atoms with E-state index in [9.17, 15) is 0 Å². The summed E-state index contributed by atoms with van der Waals surface area (Å²) in [6, 6.07) is 8.69. The average molecular weight is 290 g/mol. The van der Waals surface area contributed by atoms with Crippen molar-refractivity contribution in [2.75, 3.05) is 14.2 Å². The first kappa shape index (κ1) is 15.2. The molecule has 0 fully saturated rings. The minimum Gasteiger partial charge on any atom is -0.380 e. The lowest BCUT2D eigenvalue weighted by Gasteiger charge is -2.14. The van der Waals surface area contributed by atoms with Crippen molar-refractivity contribution in [3.05, 3.63) is 51.0 Å². The molecule has 0 saturated carbocycles. The second kappa shape index (κ2) is 6.97. The summed E-state index contributed by atoms with van der Waals surface area (Å²) in [7, 11) is 3.70. The Kier molecular flexibility index (Phi) is 5.29. The second-order valence-corrected chi connectivity index (χ2v) is 6.04. The highest BCUT2D eigenvalue weighted by atomic mass is 32.1. The SMILES string of the molecule is CCc1nc(C(NC)c2ccc(COC)cc2)sc1C. The summed E-state index contributed by atoms with van der Waals surface area (Å²) < 4.78 is 5.15. The van der Waals surface area contributed by atoms with Crippen molar-refractivity contribution >= 4 is 11.3 Å². The largest absolute Gasteiger partial charge is 0.380 e. The van der Waals surface area contributed by atoms with Crippen LogP contribution >= 0.6 is 11.3 Å². The molecule has 1 aromatic heterocycles. The van der Waals surface area contributed by atoms with Crippen molar-refractivity contribution in [1.82, 2.24) is 10.3 Å². The maximum absolute atomic E-state index is 5.15. The van der Waals surface area contributed by atoms with Gasteiger partial charge in [0.15, 0.2) is 0 Å². The van der Waals surface area contributed by atoms with Gasteiger partial charge in [-0.15, -0.1) is 11.3 Å². The predicted molar refractivity (Wildman–Crippen MR) is 84.3 cm³/mol. The molecule has 1 N–H and O–H groups in total. The van der Waals surface area contributed by atoms with Gasteiger partial charge < -0.3 is 10.1 Å². The third-order valence-electron chi connectivity index (χ3n) is 3.40. The Morgan fingerprint density at radius 2 is 2.00 bits per heavy atom. The maximum atomic E-state index is 5.15. The van der Waals surface area contributed by atoms with Crippen LogP contribution in [0, 0.1) is 6.92 Å². The lowest BCUT2D eigenvalue weighted by molar-refractivity contribution is 0.185. The molecule has 1 unspecified atom stereocenters. The number of methoxy groups -OCH3 is 1. The summed E-state index contributed by atoms with van der Waals surface area (Å²) in [5, 5.41) is 4.51. The minimum atomic E-state index is 0.163. The Morgan fingerprint density at radius 1 is 1.30 bits per heavy atom. The third-order valence-corrected chi connectivity index (χ3v) is 4.48. The highest BCUT2D eigenvalue weighted by molar-refractivity contribution is 7.11. The van der Waals surface area contributed by atoms with E-state index in [1.165, 1.54) is 21.7 Å². The number of benzene rings is 1. The van der Waals surface area contributed by atoms with Crippen LogP contribution in [-0.2, 0) is 17.8 Å². The second-order valence-electron chi connectivity index (χ2n) is 4.80. The van der Waals surface area contributed by atoms with Gasteiger partial charge in [0.25, 0.3) is 0 Å². The first-order valence-electron chi connectivity index (χ1n) is 6.90. The molecule has 0 saturated heterocycles. The highest BCUT2D eigenvalue weighted by Crippen LogP contribution is 2.28. The molecule has 3 nitrogen and oxygen atoms in total. The molecule has 0 aliphatic heterocycles. The van der Waals surface area contributed by atoms with Gasteiger partial charge >= 0.3 is 0 Å². The topological polar surface area (TPSA) is 34.2 Å². The molecule has 1 aromatic carbocycles. The molecule has 2 aromatic rings. The Hall–Kier alpha value is -1.23. The average Bonchev–Trinajstić information content (AvgIpc) is 2.83. The van der Waals surface area contributed by atoms with E-state index >= 15 is 0 Å². The normalized spacial score (nSPS) is 12.6. The van der Waals surface area contributed by atoms with E-state index in [4.69, 9.17) is 9.72 Å². The van der Waals surface area contributed by atoms with Crippen LogP contribution in [0.1, 0.15) is 39.7 Å². The molecule has 0 aliphatic rings. The fraction of sp³-hybridized carbons (Fsp3) is 0.438. The fourth-order valence-corrected chi connectivity index (χ4v) is 3.46. The summed E-state index contributed by atoms with van der Waals surface area (Å²) >= 11 is 1.78. The maximum Gasteiger partial charge on any atom is 0.115 e. The number of rotatable bonds is 6. The highest BCUT2D eigenvalue weighted by Gasteiger charge is 2.17. The zero-order chi connectivity index (χ0) is 14.5. The van der Waals surface area contributed by atoms with Crippen molar-refractivity contribution in [1.29, 1.82) is 0 Å². The number of thiazole rings is 1. The molecular formula is C16H22N2OS. The van der Waals surface area contributed by atoms with Crippen molar-refractivity contribution in [2.24, 2.45) is 0 Å². The molecule has 108 valence electrons. The van der Waals surface area contributed by atoms with Gasteiger partial charge in [0.05, 0.1) is 18.3 Å². The van der Waals surface area contributed by atoms with Gasteiger partial charge in [-0.2, -0.15) is 0 Å². The first-order valence-corrected chi connectivity index (χ1v) is 7.72. The van der Waals surface area contributed by atoms with Crippen LogP contribution in [0.3, 0.4) is 0 Å². The van der Waals surface area contributed by atoms with Gasteiger partial charge in [0.2, 0.25) is 0 Å². The molecule has 0 radical (unpaired) electrons. The van der Waals surface area contributed by atoms with E-state index in [1.807, 2.05) is 7.05 Å². The van der Waals surface area contributed by atoms with Crippen LogP contribution in [0.2, 0.25) is 0 Å². The minimum absolute atomic E-state index is 0.163. The van der Waals surface area contributed by atoms with Gasteiger partial charge in [-0.3, -0.25) is 0 Å². The Labute approximate surface area is 125 Å². The summed E-state index contributed by atoms with van der Waals surface area (Å²) in [6.45, 7) is 4.95. The van der Waals surface area contributed by atoms with E-state index in [0.717, 1.165) is 11.4 Å². The fourth-order valence-electron chi connectivity index (χ4n) is 2.31. The van der Waals surface area contributed by atoms with Gasteiger partial charge in [-0.05, 0) is 31.5 Å². The summed E-state index contributed by atoms with van der Waals surface area (Å²) in [4.78, 5) is 6.08. The molecule has 1 heterocycles. The number of hydrogen-bond acceptors (Lipinski definition) is 4. The molecule has 20 heavy (non-hydrogen) atoms. The third kappa shape index (κ3) is 3.26. The van der Waals surface area contributed by atoms with Gasteiger partial charge in [-0.1, -0.05) is 31.2 Å². The first-order chi connectivity index (χ1) is 9.69. The molecule has 1 atom stereocenters. The van der Waals surface area contributed by atoms with Crippen LogP contribution < -0.4 is 5.32 Å². The lowest BCUT2D eigenvalue weighted by atomic mass is 10.1. The molecule has 4 heteroatoms. The number of hydrogen-bond donors (Lipinski definition) is 1. The van der Waals surface area contributed by atoms with E-state index in [1.54, 1.807) is 18.4 Å². The molecule has 0 amide bonds. The van der Waals surface area contributed by atoms with Crippen molar-refractivity contribution < 1.29 is 4.74 Å². The summed E-state index contributed by atoms with van der Waals surface area (Å²) in [5.41, 5.74) is 3.64. The molecular weight excluding hydrogens is 268 g/mol. The van der Waals surface area contributed by atoms with Crippen LogP contribution in [0.25, 0.3) is 0 Å². The molecule has 2 rings (SSSR count). The number of aryl methyl sites for hydroxylation is 2. The smallest absolute Gasteiger partial charge is 0.115 e. The number of nitrogens with one attached hydrogen (secondary N) is 1. The van der Waals surface area contributed by atoms with Crippen LogP contribution in [-0.4, -0.2) is 19.1 Å². The molecule has 0 aliphatic carbocycles. The van der Waals surface area contributed by atoms with E-state index in [-0.39, 0.29) is 6.04 Å². The summed E-state index contributed by atoms with van der Waals surface area (Å²) in [5.74, 6) is 0. The van der Waals surface area contributed by atoms with Crippen molar-refractivity contribution in [3.8, 4) is 0 Å². The van der Waals surface area contributed by atoms with Crippen LogP contribution in [0.5, 0.6) is 0 Å². The number of ether oxygens (including phenoxy) is 1. The zero-order valence-electron chi connectivity index (χ0n) is 12.6.